The molecule has 0 spiro atoms. The topological polar surface area (TPSA) is 49.3 Å². The number of thiophene rings is 1. The van der Waals surface area contributed by atoms with Crippen LogP contribution in [-0.4, -0.2) is 11.1 Å². The molecule has 0 aliphatic carbocycles. The molecule has 2 unspecified atom stereocenters. The molecule has 21 heavy (non-hydrogen) atoms. The van der Waals surface area contributed by atoms with E-state index in [9.17, 15) is 4.79 Å². The van der Waals surface area contributed by atoms with Gasteiger partial charge in [0.15, 0.2) is 0 Å². The molecule has 4 heteroatoms. The minimum Gasteiger partial charge on any atom is -0.481 e. The van der Waals surface area contributed by atoms with Gasteiger partial charge in [0.2, 0.25) is 0 Å². The summed E-state index contributed by atoms with van der Waals surface area (Å²) < 4.78 is 0. The molecule has 1 aromatic carbocycles. The normalized spacial score (nSPS) is 13.8. The second-order valence-electron chi connectivity index (χ2n) is 5.15. The second kappa shape index (κ2) is 7.38. The van der Waals surface area contributed by atoms with E-state index in [1.54, 1.807) is 11.3 Å². The van der Waals surface area contributed by atoms with E-state index in [2.05, 4.69) is 43.4 Å². The monoisotopic (exact) mass is 303 g/mol. The Morgan fingerprint density at radius 1 is 1.29 bits per heavy atom. The highest BCUT2D eigenvalue weighted by Crippen LogP contribution is 2.26. The van der Waals surface area contributed by atoms with Crippen molar-refractivity contribution in [1.82, 2.24) is 5.32 Å². The van der Waals surface area contributed by atoms with Crippen molar-refractivity contribution in [2.75, 3.05) is 0 Å². The van der Waals surface area contributed by atoms with Crippen LogP contribution in [0.15, 0.2) is 41.8 Å². The summed E-state index contributed by atoms with van der Waals surface area (Å²) in [6.45, 7) is 4.21. The lowest BCUT2D eigenvalue weighted by Crippen LogP contribution is -2.26. The Bertz CT molecular complexity index is 563. The van der Waals surface area contributed by atoms with Gasteiger partial charge in [0, 0.05) is 10.9 Å². The third-order valence-electron chi connectivity index (χ3n) is 3.60. The van der Waals surface area contributed by atoms with Crippen molar-refractivity contribution in [3.63, 3.8) is 0 Å². The van der Waals surface area contributed by atoms with E-state index < -0.39 is 5.97 Å². The quantitative estimate of drug-likeness (QED) is 0.807. The fourth-order valence-corrected chi connectivity index (χ4v) is 3.13. The van der Waals surface area contributed by atoms with Crippen molar-refractivity contribution in [1.29, 1.82) is 0 Å². The molecule has 3 nitrogen and oxygen atoms in total. The first-order valence-corrected chi connectivity index (χ1v) is 8.08. The molecule has 0 bridgehead atoms. The molecule has 2 rings (SSSR count). The molecule has 0 saturated heterocycles. The number of rotatable bonds is 7. The fourth-order valence-electron chi connectivity index (χ4n) is 2.35. The Kier molecular flexibility index (Phi) is 5.53. The Balaban J connectivity index is 2.09. The molecule has 0 aliphatic heterocycles. The Hall–Kier alpha value is -1.65. The molecule has 0 aliphatic rings. The van der Waals surface area contributed by atoms with Crippen LogP contribution < -0.4 is 5.32 Å². The van der Waals surface area contributed by atoms with E-state index in [-0.39, 0.29) is 18.5 Å². The molecule has 1 heterocycles. The van der Waals surface area contributed by atoms with Crippen LogP contribution in [0.5, 0.6) is 0 Å². The standard InChI is InChI=1S/C17H21NO2S/c1-3-13-6-8-14(9-7-13)12(2)18-15(11-17(19)20)16-5-4-10-21-16/h4-10,12,15,18H,3,11H2,1-2H3,(H,19,20). The predicted octanol–water partition coefficient (Wildman–Crippen LogP) is 4.18. The Morgan fingerprint density at radius 2 is 2.00 bits per heavy atom. The molecule has 0 amide bonds. The minimum absolute atomic E-state index is 0.0951. The number of hydrogen-bond donors (Lipinski definition) is 2. The number of nitrogens with one attached hydrogen (secondary N) is 1. The maximum absolute atomic E-state index is 11.1. The number of aliphatic carboxylic acids is 1. The molecular weight excluding hydrogens is 282 g/mol. The molecule has 2 atom stereocenters. The lowest BCUT2D eigenvalue weighted by Gasteiger charge is -2.22. The first kappa shape index (κ1) is 15.7. The SMILES string of the molecule is CCc1ccc(C(C)NC(CC(=O)O)c2cccs2)cc1. The third kappa shape index (κ3) is 4.41. The largest absolute Gasteiger partial charge is 0.481 e. The summed E-state index contributed by atoms with van der Waals surface area (Å²) in [6.07, 6.45) is 1.12. The summed E-state index contributed by atoms with van der Waals surface area (Å²) >= 11 is 1.59. The molecule has 1 aromatic heterocycles. The lowest BCUT2D eigenvalue weighted by atomic mass is 10.0. The molecule has 0 saturated carbocycles. The van der Waals surface area contributed by atoms with E-state index in [0.29, 0.717) is 0 Å². The van der Waals surface area contributed by atoms with Gasteiger partial charge in [-0.25, -0.2) is 0 Å². The highest BCUT2D eigenvalue weighted by molar-refractivity contribution is 7.10. The summed E-state index contributed by atoms with van der Waals surface area (Å²) in [7, 11) is 0. The van der Waals surface area contributed by atoms with Crippen LogP contribution >= 0.6 is 11.3 Å². The molecular formula is C17H21NO2S. The van der Waals surface area contributed by atoms with Gasteiger partial charge in [-0.3, -0.25) is 4.79 Å². The van der Waals surface area contributed by atoms with Crippen molar-refractivity contribution in [2.45, 2.75) is 38.8 Å². The Labute approximate surface area is 129 Å². The van der Waals surface area contributed by atoms with Gasteiger partial charge in [-0.2, -0.15) is 0 Å². The molecule has 2 aromatic rings. The molecule has 2 N–H and O–H groups in total. The average Bonchev–Trinajstić information content (AvgIpc) is 3.00. The number of carboxylic acid groups (broad SMARTS) is 1. The average molecular weight is 303 g/mol. The summed E-state index contributed by atoms with van der Waals surface area (Å²) in [5, 5.41) is 14.5. The van der Waals surface area contributed by atoms with Crippen molar-refractivity contribution >= 4 is 17.3 Å². The number of carbonyl (C=O) groups is 1. The van der Waals surface area contributed by atoms with E-state index in [1.807, 2.05) is 17.5 Å². The molecule has 0 fully saturated rings. The number of benzene rings is 1. The smallest absolute Gasteiger partial charge is 0.305 e. The van der Waals surface area contributed by atoms with E-state index in [4.69, 9.17) is 5.11 Å². The van der Waals surface area contributed by atoms with E-state index in [0.717, 1.165) is 11.3 Å². The summed E-state index contributed by atoms with van der Waals surface area (Å²) in [6, 6.07) is 12.4. The highest BCUT2D eigenvalue weighted by atomic mass is 32.1. The van der Waals surface area contributed by atoms with Gasteiger partial charge in [0.05, 0.1) is 12.5 Å². The zero-order valence-corrected chi connectivity index (χ0v) is 13.2. The zero-order valence-electron chi connectivity index (χ0n) is 12.4. The lowest BCUT2D eigenvalue weighted by molar-refractivity contribution is -0.137. The van der Waals surface area contributed by atoms with Gasteiger partial charge in [0.25, 0.3) is 0 Å². The van der Waals surface area contributed by atoms with Gasteiger partial charge < -0.3 is 10.4 Å². The molecule has 0 radical (unpaired) electrons. The van der Waals surface area contributed by atoms with E-state index in [1.165, 1.54) is 11.1 Å². The highest BCUT2D eigenvalue weighted by Gasteiger charge is 2.19. The maximum atomic E-state index is 11.1. The summed E-state index contributed by atoms with van der Waals surface area (Å²) in [5.41, 5.74) is 2.49. The van der Waals surface area contributed by atoms with Gasteiger partial charge in [-0.1, -0.05) is 37.3 Å². The van der Waals surface area contributed by atoms with Crippen LogP contribution in [0.3, 0.4) is 0 Å². The number of hydrogen-bond acceptors (Lipinski definition) is 3. The van der Waals surface area contributed by atoms with Crippen molar-refractivity contribution in [3.8, 4) is 0 Å². The second-order valence-corrected chi connectivity index (χ2v) is 6.13. The maximum Gasteiger partial charge on any atom is 0.305 e. The zero-order chi connectivity index (χ0) is 15.2. The van der Waals surface area contributed by atoms with Crippen LogP contribution in [-0.2, 0) is 11.2 Å². The fraction of sp³-hybridized carbons (Fsp3) is 0.353. The van der Waals surface area contributed by atoms with Crippen molar-refractivity contribution in [3.05, 3.63) is 57.8 Å². The van der Waals surface area contributed by atoms with Gasteiger partial charge >= 0.3 is 5.97 Å². The van der Waals surface area contributed by atoms with Crippen LogP contribution in [0.2, 0.25) is 0 Å². The van der Waals surface area contributed by atoms with Crippen LogP contribution in [0.1, 0.15) is 48.4 Å². The van der Waals surface area contributed by atoms with Crippen LogP contribution in [0, 0.1) is 0 Å². The number of aryl methyl sites for hydroxylation is 1. The van der Waals surface area contributed by atoms with Crippen molar-refractivity contribution < 1.29 is 9.90 Å². The predicted molar refractivity (Wildman–Crippen MR) is 86.7 cm³/mol. The van der Waals surface area contributed by atoms with E-state index >= 15 is 0 Å². The van der Waals surface area contributed by atoms with Crippen molar-refractivity contribution in [2.24, 2.45) is 0 Å². The summed E-state index contributed by atoms with van der Waals surface area (Å²) in [5.74, 6) is -0.783. The molecule has 112 valence electrons. The van der Waals surface area contributed by atoms with Gasteiger partial charge in [-0.15, -0.1) is 11.3 Å². The van der Waals surface area contributed by atoms with Crippen LogP contribution in [0.4, 0.5) is 0 Å². The van der Waals surface area contributed by atoms with Crippen LogP contribution in [0.25, 0.3) is 0 Å². The first-order chi connectivity index (χ1) is 10.1. The third-order valence-corrected chi connectivity index (χ3v) is 4.59. The first-order valence-electron chi connectivity index (χ1n) is 7.20. The summed E-state index contributed by atoms with van der Waals surface area (Å²) in [4.78, 5) is 12.1. The van der Waals surface area contributed by atoms with Gasteiger partial charge in [-0.05, 0) is 35.9 Å². The van der Waals surface area contributed by atoms with Gasteiger partial charge in [0.1, 0.15) is 0 Å². The minimum atomic E-state index is -0.783. The Morgan fingerprint density at radius 3 is 2.52 bits per heavy atom. The number of carboxylic acids is 1.